The topological polar surface area (TPSA) is 218 Å². The van der Waals surface area contributed by atoms with Gasteiger partial charge in [-0.15, -0.1) is 26.3 Å². The van der Waals surface area contributed by atoms with E-state index in [1.165, 1.54) is 125 Å². The van der Waals surface area contributed by atoms with Crippen LogP contribution in [0.1, 0.15) is 56.9 Å². The van der Waals surface area contributed by atoms with Crippen molar-refractivity contribution < 1.29 is 44.9 Å². The number of aromatic nitrogens is 14. The standard InChI is InChI=1S/C26H25F3N4O2.C26H26N6O.C25H25ClN4O2.C25H22F4N4O2/c1-18-14-22(35-26(27,28)29)5-6-23(18)19-8-11-32(25(34)16-19)21-4-7-24-20(15-21)17-30-33(24)13-12-31-9-2-3-10-31;1-29-24-6-4-19(14-21(24)17-27-29)20-8-11-31(26(33)16-20)23-5-7-25-22(15-23)18-28-32(25)13-12-30-9-2-3-10-30;1-32-21-5-6-22(23(26)16-21)18-8-11-29(25(31)15-18)20-4-7-24-19(14-20)17-27-30(24)13-12-28-9-2-3-10-28;26-22-15-20(35-25(27,28)29)4-5-21(22)17-7-10-32(24(34)14-17)19-3-6-23-18(13-19)16-30-33(23)12-11-31-8-1-2-9-31/h4-8,11,14-17H,2-3,9-10,12-13H2,1H3;4-8,11,14-18H,2-3,9-10,12-13H2,1H3;4-8,11,14-17H,2-3,9-10,12-13H2,1H3;3-7,10,13-16H,1-2,8-9,11-12H2. The maximum Gasteiger partial charge on any atom is 0.573 e. The molecule has 135 heavy (non-hydrogen) atoms. The first kappa shape index (κ1) is 91.4. The summed E-state index contributed by atoms with van der Waals surface area (Å²) in [5, 5.41) is 28.0. The van der Waals surface area contributed by atoms with Gasteiger partial charge in [-0.3, -0.25) is 60.9 Å². The van der Waals surface area contributed by atoms with Gasteiger partial charge in [0.25, 0.3) is 22.2 Å². The van der Waals surface area contributed by atoms with Crippen LogP contribution in [0, 0.1) is 12.7 Å². The zero-order valence-corrected chi connectivity index (χ0v) is 75.3. The molecule has 4 aliphatic rings. The molecule has 9 aromatic heterocycles. The number of ether oxygens (including phenoxy) is 3. The third-order valence-corrected chi connectivity index (χ3v) is 25.7. The third-order valence-electron chi connectivity index (χ3n) is 25.4. The van der Waals surface area contributed by atoms with Crippen LogP contribution in [-0.2, 0) is 33.2 Å². The summed E-state index contributed by atoms with van der Waals surface area (Å²) >= 11 is 6.39. The molecule has 0 saturated carbocycles. The molecule has 21 rings (SSSR count). The number of hydrogen-bond acceptors (Lipinski definition) is 16. The Kier molecular flexibility index (Phi) is 27.1. The third kappa shape index (κ3) is 21.4. The number of fused-ring (bicyclic) bond motifs is 5. The summed E-state index contributed by atoms with van der Waals surface area (Å²) in [4.78, 5) is 61.5. The van der Waals surface area contributed by atoms with Crippen molar-refractivity contribution in [3.63, 3.8) is 0 Å². The average Bonchev–Trinajstić information content (AvgIpc) is 1.78. The Labute approximate surface area is 775 Å². The van der Waals surface area contributed by atoms with Gasteiger partial charge in [0.2, 0.25) is 0 Å². The van der Waals surface area contributed by atoms with E-state index < -0.39 is 29.9 Å². The first-order valence-corrected chi connectivity index (χ1v) is 45.5. The summed E-state index contributed by atoms with van der Waals surface area (Å²) in [5.74, 6) is -1.20. The number of likely N-dealkylation sites (tertiary alicyclic amines) is 4. The lowest BCUT2D eigenvalue weighted by Gasteiger charge is -2.14. The van der Waals surface area contributed by atoms with Crippen molar-refractivity contribution in [2.75, 3.05) is 85.6 Å². The molecule has 0 atom stereocenters. The smallest absolute Gasteiger partial charge is 0.497 e. The number of rotatable bonds is 23. The minimum absolute atomic E-state index is 0.00138. The van der Waals surface area contributed by atoms with Crippen LogP contribution in [0.25, 0.3) is 122 Å². The number of alkyl halides is 6. The Bertz CT molecular complexity index is 7210. The zero-order chi connectivity index (χ0) is 93.6. The molecule has 0 N–H and O–H groups in total. The van der Waals surface area contributed by atoms with E-state index in [9.17, 15) is 49.9 Å². The Balaban J connectivity index is 0.000000120. The molecule has 17 aromatic rings. The van der Waals surface area contributed by atoms with E-state index >= 15 is 0 Å². The number of methoxy groups -OCH3 is 1. The molecule has 0 unspecified atom stereocenters. The lowest BCUT2D eigenvalue weighted by molar-refractivity contribution is -0.275. The van der Waals surface area contributed by atoms with Crippen molar-refractivity contribution in [1.82, 2.24) is 86.8 Å². The highest BCUT2D eigenvalue weighted by Crippen LogP contribution is 2.36. The van der Waals surface area contributed by atoms with Crippen molar-refractivity contribution in [3.05, 3.63) is 308 Å². The van der Waals surface area contributed by atoms with Crippen molar-refractivity contribution in [3.8, 4) is 84.5 Å². The van der Waals surface area contributed by atoms with E-state index in [-0.39, 0.29) is 33.6 Å². The molecule has 8 aromatic carbocycles. The molecule has 13 heterocycles. The molecular formula is C102H98ClF7N18O7. The second kappa shape index (κ2) is 40.0. The Morgan fingerprint density at radius 1 is 0.326 bits per heavy atom. The molecule has 0 amide bonds. The van der Waals surface area contributed by atoms with Crippen LogP contribution >= 0.6 is 11.6 Å². The van der Waals surface area contributed by atoms with Crippen LogP contribution in [0.3, 0.4) is 0 Å². The largest absolute Gasteiger partial charge is 0.573 e. The van der Waals surface area contributed by atoms with Gasteiger partial charge in [0.1, 0.15) is 23.1 Å². The predicted molar refractivity (Wildman–Crippen MR) is 510 cm³/mol. The van der Waals surface area contributed by atoms with Crippen LogP contribution in [0.15, 0.2) is 269 Å². The van der Waals surface area contributed by atoms with E-state index in [4.69, 9.17) is 16.3 Å². The fourth-order valence-electron chi connectivity index (χ4n) is 18.3. The summed E-state index contributed by atoms with van der Waals surface area (Å²) in [6.07, 6.45) is 16.5. The second-order valence-corrected chi connectivity index (χ2v) is 34.6. The maximum atomic E-state index is 14.4. The van der Waals surface area contributed by atoms with E-state index in [1.807, 2.05) is 155 Å². The normalized spacial score (nSPS) is 14.5. The second-order valence-electron chi connectivity index (χ2n) is 34.2. The minimum atomic E-state index is -4.92. The van der Waals surface area contributed by atoms with Crippen molar-refractivity contribution in [1.29, 1.82) is 0 Å². The zero-order valence-electron chi connectivity index (χ0n) is 74.6. The predicted octanol–water partition coefficient (Wildman–Crippen LogP) is 18.6. The minimum Gasteiger partial charge on any atom is -0.497 e. The number of halogens is 8. The molecule has 4 aliphatic heterocycles. The van der Waals surface area contributed by atoms with Crippen LogP contribution in [-0.4, -0.2) is 185 Å². The van der Waals surface area contributed by atoms with Crippen molar-refractivity contribution >= 4 is 66.1 Å². The van der Waals surface area contributed by atoms with Gasteiger partial charge in [-0.2, -0.15) is 25.5 Å². The van der Waals surface area contributed by atoms with E-state index in [0.29, 0.717) is 39.2 Å². The van der Waals surface area contributed by atoms with Gasteiger partial charge in [-0.1, -0.05) is 23.7 Å². The van der Waals surface area contributed by atoms with Gasteiger partial charge in [0.15, 0.2) is 0 Å². The van der Waals surface area contributed by atoms with E-state index in [2.05, 4.69) is 76.1 Å². The average molecular weight is 1860 g/mol. The number of benzene rings is 8. The molecule has 25 nitrogen and oxygen atoms in total. The highest BCUT2D eigenvalue weighted by atomic mass is 35.5. The van der Waals surface area contributed by atoms with Crippen LogP contribution in [0.2, 0.25) is 5.02 Å². The van der Waals surface area contributed by atoms with Gasteiger partial charge in [-0.25, -0.2) is 4.39 Å². The molecule has 0 bridgehead atoms. The number of nitrogens with zero attached hydrogens (tertiary/aromatic N) is 18. The summed E-state index contributed by atoms with van der Waals surface area (Å²) in [5.41, 5.74) is 13.0. The molecule has 0 radical (unpaired) electrons. The van der Waals surface area contributed by atoms with Gasteiger partial charge >= 0.3 is 12.7 Å². The summed E-state index contributed by atoms with van der Waals surface area (Å²) in [6.45, 7) is 18.3. The molecule has 0 spiro atoms. The fraction of sp³-hybridized carbons (Fsp3) is 0.284. The fourth-order valence-corrected chi connectivity index (χ4v) is 18.6. The van der Waals surface area contributed by atoms with E-state index in [1.54, 1.807) is 70.6 Å². The molecule has 4 fully saturated rings. The summed E-state index contributed by atoms with van der Waals surface area (Å²) in [6, 6.07) is 55.2. The highest BCUT2D eigenvalue weighted by molar-refractivity contribution is 6.33. The number of hydrogen-bond donors (Lipinski definition) is 0. The van der Waals surface area contributed by atoms with Gasteiger partial charge in [-0.05, 0) is 301 Å². The van der Waals surface area contributed by atoms with Crippen LogP contribution in [0.4, 0.5) is 30.7 Å². The van der Waals surface area contributed by atoms with Gasteiger partial charge in [0, 0.05) is 149 Å². The van der Waals surface area contributed by atoms with E-state index in [0.717, 1.165) is 185 Å². The van der Waals surface area contributed by atoms with Crippen LogP contribution in [0.5, 0.6) is 17.2 Å². The van der Waals surface area contributed by atoms with Gasteiger partial charge in [0.05, 0.1) is 96.9 Å². The lowest BCUT2D eigenvalue weighted by Crippen LogP contribution is -2.24. The maximum absolute atomic E-state index is 14.4. The highest BCUT2D eigenvalue weighted by Gasteiger charge is 2.33. The van der Waals surface area contributed by atoms with Crippen molar-refractivity contribution in [2.24, 2.45) is 7.05 Å². The molecule has 4 saturated heterocycles. The molecular weight excluding hydrogens is 1760 g/mol. The monoisotopic (exact) mass is 1850 g/mol. The molecule has 0 aliphatic carbocycles. The van der Waals surface area contributed by atoms with Crippen molar-refractivity contribution in [2.45, 2.75) is 97.2 Å². The van der Waals surface area contributed by atoms with Crippen LogP contribution < -0.4 is 36.4 Å². The summed E-state index contributed by atoms with van der Waals surface area (Å²) < 4.78 is 118. The Morgan fingerprint density at radius 3 is 0.993 bits per heavy atom. The SMILES string of the molecule is COc1ccc(-c2ccn(-c3ccc4c(cnn4CCN4CCCC4)c3)c(=O)c2)c(Cl)c1.Cc1cc(OC(F)(F)F)ccc1-c1ccn(-c2ccc3c(cnn3CCN3CCCC3)c2)c(=O)c1.Cn1ncc2cc(-c3ccn(-c4ccc5c(cnn5CCN5CCCC5)c4)c(=O)c3)ccc21.O=c1cc(-c2ccc(OC(F)(F)F)cc2F)ccn1-c1ccc2c(cnn2CCN2CCCC2)c1. The molecule has 694 valence electrons. The quantitative estimate of drug-likeness (QED) is 0.0544. The number of pyridine rings is 4. The lowest BCUT2D eigenvalue weighted by atomic mass is 10.0. The molecule has 33 heteroatoms. The summed E-state index contributed by atoms with van der Waals surface area (Å²) in [7, 11) is 3.53. The Morgan fingerprint density at radius 2 is 0.637 bits per heavy atom. The number of aryl methyl sites for hydroxylation is 2. The first-order valence-electron chi connectivity index (χ1n) is 45.1. The Hall–Kier alpha value is -14.1. The first-order chi connectivity index (χ1) is 65.3. The van der Waals surface area contributed by atoms with Gasteiger partial charge < -0.3 is 33.8 Å².